The van der Waals surface area contributed by atoms with Crippen molar-refractivity contribution < 1.29 is 0 Å². The van der Waals surface area contributed by atoms with Gasteiger partial charge in [0.1, 0.15) is 0 Å². The van der Waals surface area contributed by atoms with Crippen LogP contribution >= 0.6 is 0 Å². The number of hydrogen-bond donors (Lipinski definition) is 0. The van der Waals surface area contributed by atoms with Crippen LogP contribution in [0.4, 0.5) is 0 Å². The van der Waals surface area contributed by atoms with Gasteiger partial charge in [0.2, 0.25) is 0 Å². The smallest absolute Gasteiger partial charge is 0.0440 e. The monoisotopic (exact) mass is 302 g/mol. The lowest BCUT2D eigenvalue weighted by molar-refractivity contribution is 0.247. The van der Waals surface area contributed by atoms with Crippen molar-refractivity contribution in [1.82, 2.24) is 0 Å². The first kappa shape index (κ1) is 19.3. The van der Waals surface area contributed by atoms with E-state index in [9.17, 15) is 0 Å². The van der Waals surface area contributed by atoms with Crippen LogP contribution in [-0.4, -0.2) is 0 Å². The summed E-state index contributed by atoms with van der Waals surface area (Å²) in [5.41, 5.74) is 1.54. The molecule has 4 atom stereocenters. The van der Waals surface area contributed by atoms with Gasteiger partial charge in [-0.1, -0.05) is 83.3 Å². The molecule has 0 N–H and O–H groups in total. The Labute approximate surface area is 140 Å². The molecule has 22 heavy (non-hydrogen) atoms. The van der Waals surface area contributed by atoms with Crippen molar-refractivity contribution >= 4 is 0 Å². The summed E-state index contributed by atoms with van der Waals surface area (Å²) in [6.45, 7) is 11.6. The van der Waals surface area contributed by atoms with Crippen molar-refractivity contribution in [3.05, 3.63) is 11.6 Å². The Bertz CT molecular complexity index is 379. The molecule has 1 aliphatic rings. The van der Waals surface area contributed by atoms with Crippen LogP contribution in [0.15, 0.2) is 11.6 Å². The zero-order chi connectivity index (χ0) is 16.4. The Morgan fingerprint density at radius 2 is 1.95 bits per heavy atom. The number of rotatable bonds is 6. The third kappa shape index (κ3) is 6.20. The molecule has 0 heterocycles. The fourth-order valence-corrected chi connectivity index (χ4v) is 3.96. The average molecular weight is 303 g/mol. The van der Waals surface area contributed by atoms with E-state index in [2.05, 4.69) is 52.5 Å². The minimum absolute atomic E-state index is 0.504. The molecule has 0 aromatic heterocycles. The molecule has 1 rings (SSSR count). The molecule has 0 bridgehead atoms. The summed E-state index contributed by atoms with van der Waals surface area (Å²) in [6.07, 6.45) is 14.3. The zero-order valence-electron chi connectivity index (χ0n) is 15.8. The molecule has 0 spiro atoms. The lowest BCUT2D eigenvalue weighted by atomic mass is 9.72. The fraction of sp³-hybridized carbons (Fsp3) is 0.818. The standard InChI is InChI=1S/C22H38/c1-6-9-10-13-18(4)16-17-22-19(5)14-11-12-15-20(7-2)21(22)8-3/h14,18,20-22H,6-13,15H2,1-5H3. The minimum Gasteiger partial charge on any atom is -0.0996 e. The Balaban J connectivity index is 2.82. The molecule has 0 amide bonds. The van der Waals surface area contributed by atoms with E-state index in [0.717, 1.165) is 11.8 Å². The maximum absolute atomic E-state index is 3.71. The molecular formula is C22H38. The van der Waals surface area contributed by atoms with E-state index in [-0.39, 0.29) is 0 Å². The molecule has 0 aromatic carbocycles. The molecule has 0 aromatic rings. The van der Waals surface area contributed by atoms with Crippen molar-refractivity contribution in [2.24, 2.45) is 23.7 Å². The molecule has 0 saturated heterocycles. The zero-order valence-corrected chi connectivity index (χ0v) is 15.8. The number of hydrogen-bond acceptors (Lipinski definition) is 0. The maximum atomic E-state index is 3.71. The van der Waals surface area contributed by atoms with E-state index in [1.54, 1.807) is 5.57 Å². The lowest BCUT2D eigenvalue weighted by Crippen LogP contribution is -2.24. The van der Waals surface area contributed by atoms with E-state index in [0.29, 0.717) is 11.8 Å². The molecule has 126 valence electrons. The van der Waals surface area contributed by atoms with Gasteiger partial charge in [-0.15, -0.1) is 0 Å². The first-order chi connectivity index (χ1) is 10.6. The van der Waals surface area contributed by atoms with Gasteiger partial charge >= 0.3 is 0 Å². The van der Waals surface area contributed by atoms with E-state index in [1.807, 2.05) is 0 Å². The van der Waals surface area contributed by atoms with Crippen LogP contribution in [0.5, 0.6) is 0 Å². The summed E-state index contributed by atoms with van der Waals surface area (Å²) in [6, 6.07) is 0. The third-order valence-corrected chi connectivity index (χ3v) is 5.49. The first-order valence-electron chi connectivity index (χ1n) is 9.81. The van der Waals surface area contributed by atoms with Crippen LogP contribution in [0.2, 0.25) is 0 Å². The fourth-order valence-electron chi connectivity index (χ4n) is 3.96. The van der Waals surface area contributed by atoms with Gasteiger partial charge in [0, 0.05) is 11.8 Å². The van der Waals surface area contributed by atoms with Gasteiger partial charge in [-0.2, -0.15) is 0 Å². The van der Waals surface area contributed by atoms with E-state index in [4.69, 9.17) is 0 Å². The van der Waals surface area contributed by atoms with Crippen molar-refractivity contribution in [1.29, 1.82) is 0 Å². The summed E-state index contributed by atoms with van der Waals surface area (Å²) in [5, 5.41) is 0. The lowest BCUT2D eigenvalue weighted by Gasteiger charge is -2.32. The summed E-state index contributed by atoms with van der Waals surface area (Å²) >= 11 is 0. The SMILES string of the molecule is CCCCCC(C)C#CC1C(C)=CCCCC(CC)C1CC. The largest absolute Gasteiger partial charge is 0.0996 e. The minimum atomic E-state index is 0.504. The molecule has 0 heteroatoms. The van der Waals surface area contributed by atoms with Crippen LogP contribution in [0.1, 0.15) is 92.4 Å². The third-order valence-electron chi connectivity index (χ3n) is 5.49. The molecule has 1 aliphatic carbocycles. The summed E-state index contributed by atoms with van der Waals surface area (Å²) < 4.78 is 0. The van der Waals surface area contributed by atoms with Crippen molar-refractivity contribution in [3.8, 4) is 11.8 Å². The predicted octanol–water partition coefficient (Wildman–Crippen LogP) is 7.01. The van der Waals surface area contributed by atoms with Gasteiger partial charge in [0.05, 0.1) is 0 Å². The molecule has 0 saturated carbocycles. The highest BCUT2D eigenvalue weighted by atomic mass is 14.3. The number of unbranched alkanes of at least 4 members (excludes halogenated alkanes) is 2. The topological polar surface area (TPSA) is 0 Å². The van der Waals surface area contributed by atoms with Crippen molar-refractivity contribution in [3.63, 3.8) is 0 Å². The van der Waals surface area contributed by atoms with Crippen LogP contribution in [-0.2, 0) is 0 Å². The second-order valence-electron chi connectivity index (χ2n) is 7.28. The first-order valence-corrected chi connectivity index (χ1v) is 9.81. The molecular weight excluding hydrogens is 264 g/mol. The van der Waals surface area contributed by atoms with Crippen molar-refractivity contribution in [2.75, 3.05) is 0 Å². The predicted molar refractivity (Wildman–Crippen MR) is 99.7 cm³/mol. The highest BCUT2D eigenvalue weighted by Crippen LogP contribution is 2.36. The summed E-state index contributed by atoms with van der Waals surface area (Å²) in [4.78, 5) is 0. The molecule has 0 nitrogen and oxygen atoms in total. The Morgan fingerprint density at radius 3 is 2.59 bits per heavy atom. The number of allylic oxidation sites excluding steroid dienone is 2. The Kier molecular flexibility index (Phi) is 9.61. The maximum Gasteiger partial charge on any atom is 0.0440 e. The molecule has 4 unspecified atom stereocenters. The van der Waals surface area contributed by atoms with E-state index >= 15 is 0 Å². The van der Waals surface area contributed by atoms with E-state index in [1.165, 1.54) is 57.8 Å². The molecule has 0 aliphatic heterocycles. The second kappa shape index (κ2) is 10.9. The highest BCUT2D eigenvalue weighted by molar-refractivity contribution is 5.21. The summed E-state index contributed by atoms with van der Waals surface area (Å²) in [7, 11) is 0. The van der Waals surface area contributed by atoms with Gasteiger partial charge in [-0.25, -0.2) is 0 Å². The molecule has 0 radical (unpaired) electrons. The quantitative estimate of drug-likeness (QED) is 0.281. The van der Waals surface area contributed by atoms with Gasteiger partial charge in [0.15, 0.2) is 0 Å². The Morgan fingerprint density at radius 1 is 1.18 bits per heavy atom. The summed E-state index contributed by atoms with van der Waals surface area (Å²) in [5.74, 6) is 10.0. The van der Waals surface area contributed by atoms with E-state index < -0.39 is 0 Å². The normalized spacial score (nSPS) is 27.1. The Hall–Kier alpha value is -0.700. The van der Waals surface area contributed by atoms with Crippen molar-refractivity contribution in [2.45, 2.75) is 92.4 Å². The van der Waals surface area contributed by atoms with Crippen LogP contribution in [0.3, 0.4) is 0 Å². The average Bonchev–Trinajstić information content (AvgIpc) is 2.50. The van der Waals surface area contributed by atoms with Crippen LogP contribution in [0, 0.1) is 35.5 Å². The van der Waals surface area contributed by atoms with Crippen LogP contribution in [0.25, 0.3) is 0 Å². The van der Waals surface area contributed by atoms with Gasteiger partial charge in [-0.05, 0) is 44.4 Å². The van der Waals surface area contributed by atoms with Crippen LogP contribution < -0.4 is 0 Å². The van der Waals surface area contributed by atoms with Gasteiger partial charge in [-0.3, -0.25) is 0 Å². The second-order valence-corrected chi connectivity index (χ2v) is 7.28. The van der Waals surface area contributed by atoms with Gasteiger partial charge in [0.25, 0.3) is 0 Å². The molecule has 0 fully saturated rings. The van der Waals surface area contributed by atoms with Gasteiger partial charge < -0.3 is 0 Å². The highest BCUT2D eigenvalue weighted by Gasteiger charge is 2.28.